The van der Waals surface area contributed by atoms with Crippen LogP contribution in [0.4, 0.5) is 0 Å². The van der Waals surface area contributed by atoms with Gasteiger partial charge in [-0.25, -0.2) is 0 Å². The largest absolute Gasteiger partial charge is 0.497 e. The molecule has 1 heterocycles. The van der Waals surface area contributed by atoms with Crippen LogP contribution in [0.15, 0.2) is 67.4 Å². The molecule has 0 bridgehead atoms. The maximum atomic E-state index is 5.17. The van der Waals surface area contributed by atoms with Crippen molar-refractivity contribution in [3.63, 3.8) is 0 Å². The predicted octanol–water partition coefficient (Wildman–Crippen LogP) is 4.17. The molecule has 0 N–H and O–H groups in total. The third kappa shape index (κ3) is 2.02. The Morgan fingerprint density at radius 3 is 2.47 bits per heavy atom. The van der Waals surface area contributed by atoms with Crippen molar-refractivity contribution in [2.45, 2.75) is 0 Å². The monoisotopic (exact) mass is 249 g/mol. The Kier molecular flexibility index (Phi) is 2.84. The minimum atomic E-state index is 0.855. The van der Waals surface area contributed by atoms with Crippen LogP contribution in [0.1, 0.15) is 5.56 Å². The summed E-state index contributed by atoms with van der Waals surface area (Å²) in [7, 11) is 1.67. The summed E-state index contributed by atoms with van der Waals surface area (Å²) >= 11 is 0. The highest BCUT2D eigenvalue weighted by Crippen LogP contribution is 2.24. The number of aromatic nitrogens is 1. The van der Waals surface area contributed by atoms with Crippen LogP contribution >= 0.6 is 0 Å². The molecule has 0 aliphatic heterocycles. The van der Waals surface area contributed by atoms with E-state index >= 15 is 0 Å². The molecule has 0 amide bonds. The SMILES string of the molecule is C=C(c1ccc(OC)cc1)n1ccc2ccccc21. The van der Waals surface area contributed by atoms with Crippen molar-refractivity contribution in [1.29, 1.82) is 0 Å². The highest BCUT2D eigenvalue weighted by molar-refractivity contribution is 5.85. The lowest BCUT2D eigenvalue weighted by Gasteiger charge is -2.10. The Bertz CT molecular complexity index is 722. The quantitative estimate of drug-likeness (QED) is 0.679. The molecule has 0 atom stereocenters. The van der Waals surface area contributed by atoms with Gasteiger partial charge in [-0.1, -0.05) is 24.8 Å². The summed E-state index contributed by atoms with van der Waals surface area (Å²) in [5.74, 6) is 0.855. The van der Waals surface area contributed by atoms with Gasteiger partial charge in [-0.2, -0.15) is 0 Å². The Labute approximate surface area is 112 Å². The van der Waals surface area contributed by atoms with E-state index in [9.17, 15) is 0 Å². The van der Waals surface area contributed by atoms with Crippen molar-refractivity contribution in [2.24, 2.45) is 0 Å². The number of para-hydroxylation sites is 1. The second-order valence-corrected chi connectivity index (χ2v) is 4.42. The topological polar surface area (TPSA) is 14.2 Å². The van der Waals surface area contributed by atoms with Gasteiger partial charge < -0.3 is 9.30 Å². The van der Waals surface area contributed by atoms with Gasteiger partial charge in [0.25, 0.3) is 0 Å². The standard InChI is InChI=1S/C17H15NO/c1-13(14-7-9-16(19-2)10-8-14)18-12-11-15-5-3-4-6-17(15)18/h3-12H,1H2,2H3. The molecule has 94 valence electrons. The highest BCUT2D eigenvalue weighted by Gasteiger charge is 2.05. The third-order valence-electron chi connectivity index (χ3n) is 3.31. The lowest BCUT2D eigenvalue weighted by molar-refractivity contribution is 0.415. The lowest BCUT2D eigenvalue weighted by atomic mass is 10.1. The third-order valence-corrected chi connectivity index (χ3v) is 3.31. The molecule has 0 radical (unpaired) electrons. The van der Waals surface area contributed by atoms with Crippen LogP contribution in [-0.4, -0.2) is 11.7 Å². The molecule has 0 aliphatic rings. The number of rotatable bonds is 3. The number of benzene rings is 2. The second-order valence-electron chi connectivity index (χ2n) is 4.42. The molecule has 3 aromatic rings. The molecule has 2 nitrogen and oxygen atoms in total. The molecule has 3 rings (SSSR count). The zero-order valence-electron chi connectivity index (χ0n) is 10.8. The van der Waals surface area contributed by atoms with E-state index in [0.29, 0.717) is 0 Å². The number of nitrogens with zero attached hydrogens (tertiary/aromatic N) is 1. The van der Waals surface area contributed by atoms with E-state index < -0.39 is 0 Å². The van der Waals surface area contributed by atoms with Crippen LogP contribution in [0, 0.1) is 0 Å². The number of ether oxygens (including phenoxy) is 1. The summed E-state index contributed by atoms with van der Waals surface area (Å²) in [6.07, 6.45) is 2.05. The molecule has 0 aliphatic carbocycles. The first-order valence-corrected chi connectivity index (χ1v) is 6.19. The molecule has 0 saturated carbocycles. The van der Waals surface area contributed by atoms with Crippen molar-refractivity contribution in [1.82, 2.24) is 4.57 Å². The first kappa shape index (κ1) is 11.6. The van der Waals surface area contributed by atoms with Crippen molar-refractivity contribution in [3.05, 3.63) is 72.9 Å². The minimum absolute atomic E-state index is 0.855. The fraction of sp³-hybridized carbons (Fsp3) is 0.0588. The fourth-order valence-corrected chi connectivity index (χ4v) is 2.24. The number of fused-ring (bicyclic) bond motifs is 1. The summed E-state index contributed by atoms with van der Waals surface area (Å²) in [4.78, 5) is 0. The fourth-order valence-electron chi connectivity index (χ4n) is 2.24. The molecule has 0 saturated heterocycles. The number of hydrogen-bond donors (Lipinski definition) is 0. The summed E-state index contributed by atoms with van der Waals surface area (Å²) in [6.45, 7) is 4.20. The first-order valence-electron chi connectivity index (χ1n) is 6.19. The summed E-state index contributed by atoms with van der Waals surface area (Å²) in [5.41, 5.74) is 3.22. The van der Waals surface area contributed by atoms with Crippen molar-refractivity contribution >= 4 is 16.6 Å². The molecule has 0 fully saturated rings. The predicted molar refractivity (Wildman–Crippen MR) is 79.4 cm³/mol. The summed E-state index contributed by atoms with van der Waals surface area (Å²) in [6, 6.07) is 18.3. The smallest absolute Gasteiger partial charge is 0.118 e. The van der Waals surface area contributed by atoms with Crippen LogP contribution in [0.3, 0.4) is 0 Å². The molecule has 1 aromatic heterocycles. The van der Waals surface area contributed by atoms with E-state index in [1.807, 2.05) is 36.4 Å². The minimum Gasteiger partial charge on any atom is -0.497 e. The average Bonchev–Trinajstić information content (AvgIpc) is 2.90. The van der Waals surface area contributed by atoms with Gasteiger partial charge in [0.15, 0.2) is 0 Å². The zero-order chi connectivity index (χ0) is 13.2. The van der Waals surface area contributed by atoms with Crippen molar-refractivity contribution in [3.8, 4) is 5.75 Å². The van der Waals surface area contributed by atoms with Gasteiger partial charge in [0.1, 0.15) is 5.75 Å². The maximum Gasteiger partial charge on any atom is 0.118 e. The Morgan fingerprint density at radius 1 is 1.00 bits per heavy atom. The molecular weight excluding hydrogens is 234 g/mol. The lowest BCUT2D eigenvalue weighted by Crippen LogP contribution is -1.95. The molecule has 0 unspecified atom stereocenters. The van der Waals surface area contributed by atoms with Gasteiger partial charge >= 0.3 is 0 Å². The van der Waals surface area contributed by atoms with Gasteiger partial charge in [0.2, 0.25) is 0 Å². The van der Waals surface area contributed by atoms with Crippen LogP contribution in [0.5, 0.6) is 5.75 Å². The number of methoxy groups -OCH3 is 1. The van der Waals surface area contributed by atoms with E-state index in [1.165, 1.54) is 10.9 Å². The number of hydrogen-bond acceptors (Lipinski definition) is 1. The molecule has 2 heteroatoms. The molecule has 19 heavy (non-hydrogen) atoms. The summed E-state index contributed by atoms with van der Waals surface area (Å²) < 4.78 is 7.28. The second kappa shape index (κ2) is 4.65. The maximum absolute atomic E-state index is 5.17. The summed E-state index contributed by atoms with van der Waals surface area (Å²) in [5, 5.41) is 1.22. The average molecular weight is 249 g/mol. The molecular formula is C17H15NO. The van der Waals surface area contributed by atoms with E-state index in [0.717, 1.165) is 17.0 Å². The first-order chi connectivity index (χ1) is 9.29. The zero-order valence-corrected chi connectivity index (χ0v) is 10.8. The normalized spacial score (nSPS) is 10.6. The molecule has 0 spiro atoms. The van der Waals surface area contributed by atoms with Crippen molar-refractivity contribution in [2.75, 3.05) is 7.11 Å². The van der Waals surface area contributed by atoms with Crippen LogP contribution in [-0.2, 0) is 0 Å². The van der Waals surface area contributed by atoms with Crippen LogP contribution in [0.25, 0.3) is 16.6 Å². The van der Waals surface area contributed by atoms with Gasteiger partial charge in [-0.3, -0.25) is 0 Å². The Hall–Kier alpha value is -2.48. The van der Waals surface area contributed by atoms with Gasteiger partial charge in [0, 0.05) is 11.9 Å². The van der Waals surface area contributed by atoms with E-state index in [1.54, 1.807) is 7.11 Å². The highest BCUT2D eigenvalue weighted by atomic mass is 16.5. The van der Waals surface area contributed by atoms with Crippen molar-refractivity contribution < 1.29 is 4.74 Å². The van der Waals surface area contributed by atoms with E-state index in [2.05, 4.69) is 35.5 Å². The van der Waals surface area contributed by atoms with Crippen LogP contribution < -0.4 is 4.74 Å². The Morgan fingerprint density at radius 2 is 1.74 bits per heavy atom. The van der Waals surface area contributed by atoms with Gasteiger partial charge in [-0.05, 0) is 47.3 Å². The van der Waals surface area contributed by atoms with E-state index in [4.69, 9.17) is 4.74 Å². The Balaban J connectivity index is 2.03. The van der Waals surface area contributed by atoms with Crippen LogP contribution in [0.2, 0.25) is 0 Å². The van der Waals surface area contributed by atoms with Gasteiger partial charge in [0.05, 0.1) is 12.6 Å². The van der Waals surface area contributed by atoms with E-state index in [-0.39, 0.29) is 0 Å². The molecule has 2 aromatic carbocycles. The van der Waals surface area contributed by atoms with Gasteiger partial charge in [-0.15, -0.1) is 0 Å².